The summed E-state index contributed by atoms with van der Waals surface area (Å²) < 4.78 is 0. The molecule has 0 amide bonds. The fourth-order valence-electron chi connectivity index (χ4n) is 1.34. The molecule has 0 fully saturated rings. The molecule has 0 aliphatic carbocycles. The molecule has 0 aromatic heterocycles. The lowest BCUT2D eigenvalue weighted by Crippen LogP contribution is -2.06. The maximum atomic E-state index is 4.62. The molecule has 0 spiro atoms. The van der Waals surface area contributed by atoms with Crippen LogP contribution in [0.5, 0.6) is 0 Å². The first-order valence-electron chi connectivity index (χ1n) is 4.56. The van der Waals surface area contributed by atoms with Crippen LogP contribution in [0.4, 0.5) is 5.69 Å². The second kappa shape index (κ2) is 3.54. The summed E-state index contributed by atoms with van der Waals surface area (Å²) in [6, 6.07) is 8.38. The summed E-state index contributed by atoms with van der Waals surface area (Å²) >= 11 is 1.86. The van der Waals surface area contributed by atoms with Crippen molar-refractivity contribution in [2.75, 3.05) is 0 Å². The molecule has 2 heteroatoms. The van der Waals surface area contributed by atoms with E-state index in [1.165, 1.54) is 10.6 Å². The van der Waals surface area contributed by atoms with Gasteiger partial charge in [-0.25, -0.2) is 4.99 Å². The third-order valence-corrected chi connectivity index (χ3v) is 3.41. The molecule has 0 radical (unpaired) electrons. The van der Waals surface area contributed by atoms with Crippen molar-refractivity contribution in [1.82, 2.24) is 0 Å². The number of para-hydroxylation sites is 1. The molecule has 2 rings (SSSR count). The summed E-state index contributed by atoms with van der Waals surface area (Å²) in [4.78, 5) is 4.62. The molecule has 1 aliphatic rings. The summed E-state index contributed by atoms with van der Waals surface area (Å²) in [7, 11) is 0. The number of rotatable bonds is 1. The molecule has 1 nitrogen and oxygen atoms in total. The average Bonchev–Trinajstić information content (AvgIpc) is 2.17. The lowest BCUT2D eigenvalue weighted by molar-refractivity contribution is 0.899. The Labute approximate surface area is 83.3 Å². The molecule has 0 bridgehead atoms. The molecule has 1 aliphatic heterocycles. The Morgan fingerprint density at radius 3 is 2.85 bits per heavy atom. The fraction of sp³-hybridized carbons (Fsp3) is 0.364. The predicted octanol–water partition coefficient (Wildman–Crippen LogP) is 3.62. The van der Waals surface area contributed by atoms with Gasteiger partial charge in [-0.1, -0.05) is 32.0 Å². The molecule has 0 atom stereocenters. The first-order valence-corrected chi connectivity index (χ1v) is 5.55. The largest absolute Gasteiger partial charge is 0.246 e. The minimum absolute atomic E-state index is 0.554. The van der Waals surface area contributed by atoms with E-state index in [0.717, 1.165) is 11.4 Å². The van der Waals surface area contributed by atoms with Crippen LogP contribution in [0, 0.1) is 5.92 Å². The van der Waals surface area contributed by atoms with Crippen molar-refractivity contribution >= 4 is 22.5 Å². The third-order valence-electron chi connectivity index (χ3n) is 2.09. The topological polar surface area (TPSA) is 12.4 Å². The van der Waals surface area contributed by atoms with Crippen LogP contribution in [0.15, 0.2) is 29.3 Å². The molecule has 68 valence electrons. The summed E-state index contributed by atoms with van der Waals surface area (Å²) in [5, 5.41) is 1.26. The smallest absolute Gasteiger partial charge is 0.0767 e. The van der Waals surface area contributed by atoms with Gasteiger partial charge < -0.3 is 0 Å². The van der Waals surface area contributed by atoms with Crippen LogP contribution >= 0.6 is 11.8 Å². The van der Waals surface area contributed by atoms with Gasteiger partial charge in [-0.2, -0.15) is 0 Å². The number of benzene rings is 1. The molecule has 1 aromatic rings. The van der Waals surface area contributed by atoms with Gasteiger partial charge in [0, 0.05) is 11.7 Å². The monoisotopic (exact) mass is 191 g/mol. The lowest BCUT2D eigenvalue weighted by Gasteiger charge is -2.16. The molecule has 0 N–H and O–H groups in total. The quantitative estimate of drug-likeness (QED) is 0.660. The van der Waals surface area contributed by atoms with Crippen molar-refractivity contribution in [2.24, 2.45) is 10.9 Å². The van der Waals surface area contributed by atoms with E-state index in [9.17, 15) is 0 Å². The number of hydrogen-bond acceptors (Lipinski definition) is 2. The van der Waals surface area contributed by atoms with E-state index in [2.05, 4.69) is 43.1 Å². The van der Waals surface area contributed by atoms with Gasteiger partial charge in [0.2, 0.25) is 0 Å². The first-order chi connectivity index (χ1) is 6.27. The van der Waals surface area contributed by atoms with Crippen LogP contribution in [0.3, 0.4) is 0 Å². The van der Waals surface area contributed by atoms with Crippen LogP contribution in [0.1, 0.15) is 19.4 Å². The number of thioether (sulfide) groups is 1. The van der Waals surface area contributed by atoms with Gasteiger partial charge >= 0.3 is 0 Å². The van der Waals surface area contributed by atoms with Crippen LogP contribution in [0.25, 0.3) is 0 Å². The third kappa shape index (κ3) is 1.78. The second-order valence-electron chi connectivity index (χ2n) is 3.52. The molecule has 0 saturated heterocycles. The van der Waals surface area contributed by atoms with E-state index in [1.807, 2.05) is 11.8 Å². The van der Waals surface area contributed by atoms with Gasteiger partial charge in [0.05, 0.1) is 10.7 Å². The number of hydrogen-bond donors (Lipinski definition) is 0. The maximum Gasteiger partial charge on any atom is 0.0767 e. The van der Waals surface area contributed by atoms with Crippen molar-refractivity contribution in [1.29, 1.82) is 0 Å². The Morgan fingerprint density at radius 1 is 1.31 bits per heavy atom. The van der Waals surface area contributed by atoms with Gasteiger partial charge in [0.15, 0.2) is 0 Å². The Kier molecular flexibility index (Phi) is 2.40. The minimum Gasteiger partial charge on any atom is -0.246 e. The van der Waals surface area contributed by atoms with E-state index < -0.39 is 0 Å². The zero-order chi connectivity index (χ0) is 9.26. The van der Waals surface area contributed by atoms with E-state index in [0.29, 0.717) is 5.92 Å². The van der Waals surface area contributed by atoms with Crippen LogP contribution in [-0.4, -0.2) is 5.04 Å². The number of nitrogens with zero attached hydrogens (tertiary/aromatic N) is 1. The standard InChI is InChI=1S/C11H13NS/c1-8(2)11-12-10-6-4-3-5-9(10)7-13-11/h3-6,8H,7H2,1-2H3. The zero-order valence-electron chi connectivity index (χ0n) is 7.95. The van der Waals surface area contributed by atoms with Gasteiger partial charge in [-0.3, -0.25) is 0 Å². The van der Waals surface area contributed by atoms with E-state index >= 15 is 0 Å². The zero-order valence-corrected chi connectivity index (χ0v) is 8.77. The highest BCUT2D eigenvalue weighted by Gasteiger charge is 2.13. The lowest BCUT2D eigenvalue weighted by atomic mass is 10.2. The fourth-order valence-corrected chi connectivity index (χ4v) is 2.38. The molecule has 1 heterocycles. The Bertz CT molecular complexity index is 342. The normalized spacial score (nSPS) is 15.5. The Balaban J connectivity index is 2.38. The highest BCUT2D eigenvalue weighted by molar-refractivity contribution is 8.13. The van der Waals surface area contributed by atoms with Crippen molar-refractivity contribution in [3.8, 4) is 0 Å². The molecule has 0 saturated carbocycles. The van der Waals surface area contributed by atoms with Gasteiger partial charge in [0.25, 0.3) is 0 Å². The van der Waals surface area contributed by atoms with E-state index in [-0.39, 0.29) is 0 Å². The second-order valence-corrected chi connectivity index (χ2v) is 4.52. The van der Waals surface area contributed by atoms with Gasteiger partial charge in [0.1, 0.15) is 0 Å². The molecule has 1 aromatic carbocycles. The van der Waals surface area contributed by atoms with Crippen molar-refractivity contribution in [3.63, 3.8) is 0 Å². The van der Waals surface area contributed by atoms with Crippen molar-refractivity contribution < 1.29 is 0 Å². The van der Waals surface area contributed by atoms with E-state index in [4.69, 9.17) is 0 Å². The van der Waals surface area contributed by atoms with Gasteiger partial charge in [-0.15, -0.1) is 11.8 Å². The number of fused-ring (bicyclic) bond motifs is 1. The Hall–Kier alpha value is -0.760. The van der Waals surface area contributed by atoms with Gasteiger partial charge in [-0.05, 0) is 11.6 Å². The highest BCUT2D eigenvalue weighted by atomic mass is 32.2. The van der Waals surface area contributed by atoms with Crippen molar-refractivity contribution in [2.45, 2.75) is 19.6 Å². The molecular formula is C11H13NS. The molecule has 13 heavy (non-hydrogen) atoms. The highest BCUT2D eigenvalue weighted by Crippen LogP contribution is 2.32. The van der Waals surface area contributed by atoms with Crippen LogP contribution in [-0.2, 0) is 5.75 Å². The number of aliphatic imine (C=N–C) groups is 1. The summed E-state index contributed by atoms with van der Waals surface area (Å²) in [5.74, 6) is 1.63. The minimum atomic E-state index is 0.554. The first kappa shape index (κ1) is 8.82. The van der Waals surface area contributed by atoms with E-state index in [1.54, 1.807) is 0 Å². The predicted molar refractivity (Wildman–Crippen MR) is 59.7 cm³/mol. The Morgan fingerprint density at radius 2 is 2.08 bits per heavy atom. The average molecular weight is 191 g/mol. The molecular weight excluding hydrogens is 178 g/mol. The summed E-state index contributed by atoms with van der Waals surface area (Å²) in [5.41, 5.74) is 2.52. The summed E-state index contributed by atoms with van der Waals surface area (Å²) in [6.07, 6.45) is 0. The van der Waals surface area contributed by atoms with Crippen LogP contribution < -0.4 is 0 Å². The van der Waals surface area contributed by atoms with Crippen molar-refractivity contribution in [3.05, 3.63) is 29.8 Å². The van der Waals surface area contributed by atoms with Crippen LogP contribution in [0.2, 0.25) is 0 Å². The maximum absolute atomic E-state index is 4.62. The summed E-state index contributed by atoms with van der Waals surface area (Å²) in [6.45, 7) is 4.39. The SMILES string of the molecule is CC(C)C1=Nc2ccccc2CS1. The molecule has 0 unspecified atom stereocenters.